The molecule has 27 heavy (non-hydrogen) atoms. The summed E-state index contributed by atoms with van der Waals surface area (Å²) >= 11 is 0. The number of hydrogen-bond acceptors (Lipinski definition) is 1. The molecule has 0 saturated carbocycles. The van der Waals surface area contributed by atoms with E-state index in [2.05, 4.69) is 82.8 Å². The second-order valence-corrected chi connectivity index (χ2v) is 7.10. The predicted molar refractivity (Wildman–Crippen MR) is 109 cm³/mol. The average molecular weight is 354 g/mol. The van der Waals surface area contributed by atoms with Crippen LogP contribution in [0.15, 0.2) is 60.7 Å². The van der Waals surface area contributed by atoms with E-state index in [1.807, 2.05) is 6.07 Å². The molecule has 5 rings (SSSR count). The van der Waals surface area contributed by atoms with Gasteiger partial charge in [-0.15, -0.1) is 0 Å². The van der Waals surface area contributed by atoms with Crippen molar-refractivity contribution in [3.63, 3.8) is 0 Å². The maximum absolute atomic E-state index is 11.5. The highest BCUT2D eigenvalue weighted by molar-refractivity contribution is 6.24. The van der Waals surface area contributed by atoms with Crippen molar-refractivity contribution in [3.8, 4) is 0 Å². The highest BCUT2D eigenvalue weighted by Gasteiger charge is 2.15. The van der Waals surface area contributed by atoms with Gasteiger partial charge < -0.3 is 9.13 Å². The molecule has 1 amide bonds. The third-order valence-electron chi connectivity index (χ3n) is 5.47. The van der Waals surface area contributed by atoms with Gasteiger partial charge in [-0.25, -0.2) is 4.79 Å². The lowest BCUT2D eigenvalue weighted by molar-refractivity contribution is -0.414. The van der Waals surface area contributed by atoms with Gasteiger partial charge in [0.05, 0.1) is 29.0 Å². The molecule has 1 N–H and O–H groups in total. The Balaban J connectivity index is 2.14. The highest BCUT2D eigenvalue weighted by Crippen LogP contribution is 2.36. The van der Waals surface area contributed by atoms with Crippen LogP contribution in [0.3, 0.4) is 0 Å². The molecular formula is C23H20N3O+. The molecule has 2 aromatic heterocycles. The molecular weight excluding hydrogens is 334 g/mol. The zero-order chi connectivity index (χ0) is 18.7. The summed E-state index contributed by atoms with van der Waals surface area (Å²) < 4.78 is 4.51. The molecule has 0 aliphatic rings. The van der Waals surface area contributed by atoms with Gasteiger partial charge in [0.2, 0.25) is 5.36 Å². The van der Waals surface area contributed by atoms with E-state index in [4.69, 9.17) is 0 Å². The smallest absolute Gasteiger partial charge is 0.344 e. The van der Waals surface area contributed by atoms with Crippen LogP contribution < -0.4 is 10.3 Å². The molecule has 0 spiro atoms. The third kappa shape index (κ3) is 2.16. The standard InChI is InChI=1S/C23H19N3O/c1-14(27)24-15-11-12-16-17-8-6-10-20-22(17)23(26(3)21(16)13-15)18-7-4-5-9-19(18)25(20)2/h4-13H,1-3H3/p+1. The zero-order valence-electron chi connectivity index (χ0n) is 15.6. The lowest BCUT2D eigenvalue weighted by atomic mass is 9.99. The maximum Gasteiger partial charge on any atom is 0.382 e. The quantitative estimate of drug-likeness (QED) is 0.337. The number of para-hydroxylation sites is 1. The number of pyridine rings is 2. The number of carbonyl (C=O) groups excluding carboxylic acids is 1. The van der Waals surface area contributed by atoms with Crippen molar-refractivity contribution in [2.45, 2.75) is 6.92 Å². The Kier molecular flexibility index (Phi) is 3.25. The second-order valence-electron chi connectivity index (χ2n) is 7.10. The molecule has 0 radical (unpaired) electrons. The molecule has 3 aromatic carbocycles. The summed E-state index contributed by atoms with van der Waals surface area (Å²) in [5, 5.41) is 5.71. The Morgan fingerprint density at radius 2 is 1.52 bits per heavy atom. The van der Waals surface area contributed by atoms with Crippen LogP contribution in [0.1, 0.15) is 6.92 Å². The summed E-state index contributed by atoms with van der Waals surface area (Å²) in [5.74, 6) is -0.0617. The van der Waals surface area contributed by atoms with Crippen LogP contribution in [-0.4, -0.2) is 15.0 Å². The number of aromatic nitrogens is 2. The number of nitrogens with one attached hydrogen (secondary N) is 1. The normalized spacial score (nSPS) is 12.6. The number of rotatable bonds is 0. The Bertz CT molecular complexity index is 1470. The third-order valence-corrected chi connectivity index (χ3v) is 5.47. The fourth-order valence-electron chi connectivity index (χ4n) is 4.31. The van der Waals surface area contributed by atoms with Crippen molar-refractivity contribution in [2.75, 3.05) is 0 Å². The van der Waals surface area contributed by atoms with Crippen LogP contribution in [0.5, 0.6) is 0 Å². The van der Waals surface area contributed by atoms with Gasteiger partial charge in [0.15, 0.2) is 0 Å². The topological polar surface area (TPSA) is 40.9 Å². The number of carbonyl (C=O) groups is 1. The predicted octanol–water partition coefficient (Wildman–Crippen LogP) is 2.50. The first-order valence-electron chi connectivity index (χ1n) is 9.05. The van der Waals surface area contributed by atoms with Crippen LogP contribution in [0.25, 0.3) is 43.6 Å². The molecule has 0 aliphatic heterocycles. The van der Waals surface area contributed by atoms with Crippen LogP contribution in [0, 0.1) is 0 Å². The summed E-state index contributed by atoms with van der Waals surface area (Å²) in [6.07, 6.45) is 0. The van der Waals surface area contributed by atoms with E-state index in [0.717, 1.165) is 10.9 Å². The lowest BCUT2D eigenvalue weighted by Gasteiger charge is -2.20. The molecule has 4 nitrogen and oxygen atoms in total. The highest BCUT2D eigenvalue weighted by atomic mass is 16.1. The fourth-order valence-corrected chi connectivity index (χ4v) is 4.31. The summed E-state index contributed by atoms with van der Waals surface area (Å²) in [5.41, 5.74) is 4.72. The molecule has 0 fully saturated rings. The Morgan fingerprint density at radius 3 is 2.33 bits per heavy atom. The minimum absolute atomic E-state index is 0.0617. The number of nitrogens with zero attached hydrogens (tertiary/aromatic N) is 2. The van der Waals surface area contributed by atoms with Crippen molar-refractivity contribution in [1.29, 1.82) is 0 Å². The monoisotopic (exact) mass is 354 g/mol. The number of hydrogen-bond donors (Lipinski definition) is 1. The van der Waals surface area contributed by atoms with E-state index < -0.39 is 0 Å². The summed E-state index contributed by atoms with van der Waals surface area (Å²) in [6, 6.07) is 21.1. The molecule has 132 valence electrons. The SMILES string of the molecule is CC(=O)[NH+]=c1ccc2c3cccc4c3c(c3ccccc3n4C)n(C)c2c1. The van der Waals surface area contributed by atoms with E-state index >= 15 is 0 Å². The molecule has 0 aliphatic carbocycles. The average Bonchev–Trinajstić information content (AvgIpc) is 2.67. The minimum Gasteiger partial charge on any atom is -0.344 e. The molecule has 5 aromatic rings. The molecule has 2 heterocycles. The summed E-state index contributed by atoms with van der Waals surface area (Å²) in [4.78, 5) is 14.4. The van der Waals surface area contributed by atoms with E-state index in [-0.39, 0.29) is 5.91 Å². The van der Waals surface area contributed by atoms with Gasteiger partial charge in [0.1, 0.15) is 0 Å². The first kappa shape index (κ1) is 15.8. The number of benzene rings is 3. The first-order chi connectivity index (χ1) is 13.1. The van der Waals surface area contributed by atoms with Crippen molar-refractivity contribution in [2.24, 2.45) is 14.1 Å². The van der Waals surface area contributed by atoms with Crippen LogP contribution >= 0.6 is 0 Å². The Hall–Kier alpha value is -3.40. The van der Waals surface area contributed by atoms with E-state index in [0.29, 0.717) is 0 Å². The Labute approximate surface area is 156 Å². The maximum atomic E-state index is 11.5. The molecule has 0 bridgehead atoms. The molecule has 0 atom stereocenters. The Morgan fingerprint density at radius 1 is 0.778 bits per heavy atom. The fraction of sp³-hybridized carbons (Fsp3) is 0.130. The van der Waals surface area contributed by atoms with Gasteiger partial charge in [-0.05, 0) is 23.6 Å². The van der Waals surface area contributed by atoms with Gasteiger partial charge in [-0.1, -0.05) is 30.3 Å². The molecule has 0 unspecified atom stereocenters. The summed E-state index contributed by atoms with van der Waals surface area (Å²) in [6.45, 7) is 1.53. The van der Waals surface area contributed by atoms with Crippen molar-refractivity contribution >= 4 is 49.5 Å². The van der Waals surface area contributed by atoms with Gasteiger partial charge in [0.25, 0.3) is 0 Å². The number of aryl methyl sites for hydroxylation is 2. The van der Waals surface area contributed by atoms with Crippen LogP contribution in [-0.2, 0) is 18.9 Å². The van der Waals surface area contributed by atoms with Crippen molar-refractivity contribution in [3.05, 3.63) is 66.0 Å². The minimum atomic E-state index is -0.0617. The second kappa shape index (κ2) is 5.55. The number of fused-ring (bicyclic) bond motifs is 4. The van der Waals surface area contributed by atoms with E-state index in [9.17, 15) is 4.79 Å². The molecule has 4 heteroatoms. The van der Waals surface area contributed by atoms with Crippen molar-refractivity contribution in [1.82, 2.24) is 9.13 Å². The summed E-state index contributed by atoms with van der Waals surface area (Å²) in [7, 11) is 4.23. The van der Waals surface area contributed by atoms with Crippen LogP contribution in [0.2, 0.25) is 0 Å². The van der Waals surface area contributed by atoms with Crippen molar-refractivity contribution < 1.29 is 9.79 Å². The zero-order valence-corrected chi connectivity index (χ0v) is 15.6. The van der Waals surface area contributed by atoms with E-state index in [1.165, 1.54) is 45.0 Å². The lowest BCUT2D eigenvalue weighted by Crippen LogP contribution is -2.79. The van der Waals surface area contributed by atoms with Gasteiger partial charge >= 0.3 is 5.91 Å². The largest absolute Gasteiger partial charge is 0.382 e. The van der Waals surface area contributed by atoms with Crippen LogP contribution in [0.4, 0.5) is 0 Å². The first-order valence-corrected chi connectivity index (χ1v) is 9.05. The number of amides is 1. The van der Waals surface area contributed by atoms with Gasteiger partial charge in [-0.2, -0.15) is 4.99 Å². The van der Waals surface area contributed by atoms with Gasteiger partial charge in [-0.3, -0.25) is 0 Å². The van der Waals surface area contributed by atoms with Gasteiger partial charge in [0, 0.05) is 42.4 Å². The van der Waals surface area contributed by atoms with E-state index in [1.54, 1.807) is 0 Å². The molecule has 0 saturated heterocycles.